The van der Waals surface area contributed by atoms with E-state index in [1.54, 1.807) is 0 Å². The van der Waals surface area contributed by atoms with Crippen molar-refractivity contribution in [2.75, 3.05) is 19.8 Å². The Labute approximate surface area is 100 Å². The molecule has 1 aliphatic carbocycles. The molecule has 2 nitrogen and oxygen atoms in total. The summed E-state index contributed by atoms with van der Waals surface area (Å²) in [7, 11) is 0. The number of likely N-dealkylation sites (tertiary alicyclic amines) is 1. The summed E-state index contributed by atoms with van der Waals surface area (Å²) in [5.41, 5.74) is 0. The van der Waals surface area contributed by atoms with E-state index < -0.39 is 0 Å². The zero-order valence-electron chi connectivity index (χ0n) is 11.0. The van der Waals surface area contributed by atoms with Crippen LogP contribution < -0.4 is 0 Å². The predicted octanol–water partition coefficient (Wildman–Crippen LogP) is 3.27. The van der Waals surface area contributed by atoms with Crippen LogP contribution in [0.5, 0.6) is 0 Å². The normalized spacial score (nSPS) is 29.1. The van der Waals surface area contributed by atoms with Crippen molar-refractivity contribution in [1.29, 1.82) is 0 Å². The van der Waals surface area contributed by atoms with E-state index in [4.69, 9.17) is 4.74 Å². The van der Waals surface area contributed by atoms with Gasteiger partial charge in [-0.2, -0.15) is 0 Å². The minimum Gasteiger partial charge on any atom is -0.363 e. The SMILES string of the molecule is CC(C)OCN1CCC(C2CCCCC2)C1. The number of ether oxygens (including phenoxy) is 1. The Bertz CT molecular complexity index is 199. The fraction of sp³-hybridized carbons (Fsp3) is 1.00. The lowest BCUT2D eigenvalue weighted by atomic mass is 9.80. The summed E-state index contributed by atoms with van der Waals surface area (Å²) in [6.45, 7) is 7.63. The molecule has 0 aromatic rings. The van der Waals surface area contributed by atoms with Gasteiger partial charge in [0, 0.05) is 13.1 Å². The Kier molecular flexibility index (Phi) is 4.66. The molecule has 1 heterocycles. The average molecular weight is 225 g/mol. The fourth-order valence-electron chi connectivity index (χ4n) is 3.22. The molecule has 2 rings (SSSR count). The molecule has 0 aromatic carbocycles. The minimum absolute atomic E-state index is 0.369. The van der Waals surface area contributed by atoms with Gasteiger partial charge in [-0.25, -0.2) is 0 Å². The molecule has 1 aliphatic heterocycles. The van der Waals surface area contributed by atoms with Crippen molar-refractivity contribution in [3.8, 4) is 0 Å². The molecule has 1 atom stereocenters. The standard InChI is InChI=1S/C14H27NO/c1-12(2)16-11-15-9-8-14(10-15)13-6-4-3-5-7-13/h12-14H,3-11H2,1-2H3. The summed E-state index contributed by atoms with van der Waals surface area (Å²) in [6.07, 6.45) is 9.18. The van der Waals surface area contributed by atoms with Gasteiger partial charge < -0.3 is 4.74 Å². The van der Waals surface area contributed by atoms with Gasteiger partial charge in [0.25, 0.3) is 0 Å². The van der Waals surface area contributed by atoms with Crippen LogP contribution in [0.2, 0.25) is 0 Å². The average Bonchev–Trinajstić information content (AvgIpc) is 2.76. The molecule has 0 aromatic heterocycles. The second kappa shape index (κ2) is 6.02. The highest BCUT2D eigenvalue weighted by Gasteiger charge is 2.30. The fourth-order valence-corrected chi connectivity index (χ4v) is 3.22. The van der Waals surface area contributed by atoms with Crippen LogP contribution in [0.3, 0.4) is 0 Å². The Hall–Kier alpha value is -0.0800. The molecule has 2 aliphatic rings. The smallest absolute Gasteiger partial charge is 0.0993 e. The monoisotopic (exact) mass is 225 g/mol. The van der Waals surface area contributed by atoms with Crippen molar-refractivity contribution in [3.05, 3.63) is 0 Å². The van der Waals surface area contributed by atoms with Gasteiger partial charge in [-0.3, -0.25) is 4.90 Å². The van der Waals surface area contributed by atoms with E-state index >= 15 is 0 Å². The van der Waals surface area contributed by atoms with Crippen LogP contribution in [0.1, 0.15) is 52.4 Å². The summed E-state index contributed by atoms with van der Waals surface area (Å²) >= 11 is 0. The van der Waals surface area contributed by atoms with Gasteiger partial charge in [-0.15, -0.1) is 0 Å². The van der Waals surface area contributed by atoms with E-state index in [9.17, 15) is 0 Å². The molecule has 0 bridgehead atoms. The maximum atomic E-state index is 5.69. The molecule has 2 heteroatoms. The Morgan fingerprint density at radius 2 is 1.81 bits per heavy atom. The molecule has 2 fully saturated rings. The Balaban J connectivity index is 1.70. The molecule has 1 saturated heterocycles. The molecular weight excluding hydrogens is 198 g/mol. The van der Waals surface area contributed by atoms with Crippen molar-refractivity contribution < 1.29 is 4.74 Å². The largest absolute Gasteiger partial charge is 0.363 e. The third kappa shape index (κ3) is 3.46. The van der Waals surface area contributed by atoms with Crippen LogP contribution in [0.15, 0.2) is 0 Å². The predicted molar refractivity (Wildman–Crippen MR) is 67.3 cm³/mol. The Morgan fingerprint density at radius 3 is 2.50 bits per heavy atom. The van der Waals surface area contributed by atoms with Crippen LogP contribution in [0, 0.1) is 11.8 Å². The van der Waals surface area contributed by atoms with Crippen LogP contribution in [0.4, 0.5) is 0 Å². The van der Waals surface area contributed by atoms with Crippen LogP contribution >= 0.6 is 0 Å². The maximum absolute atomic E-state index is 5.69. The third-order valence-corrected chi connectivity index (χ3v) is 4.22. The molecule has 0 spiro atoms. The first kappa shape index (κ1) is 12.4. The second-order valence-corrected chi connectivity index (χ2v) is 5.87. The Morgan fingerprint density at radius 1 is 1.06 bits per heavy atom. The van der Waals surface area contributed by atoms with Crippen molar-refractivity contribution in [2.24, 2.45) is 11.8 Å². The van der Waals surface area contributed by atoms with Gasteiger partial charge in [0.1, 0.15) is 0 Å². The molecule has 16 heavy (non-hydrogen) atoms. The molecular formula is C14H27NO. The van der Waals surface area contributed by atoms with Gasteiger partial charge in [-0.05, 0) is 32.1 Å². The van der Waals surface area contributed by atoms with Crippen molar-refractivity contribution in [3.63, 3.8) is 0 Å². The summed E-state index contributed by atoms with van der Waals surface area (Å²) < 4.78 is 5.69. The first-order valence-electron chi connectivity index (χ1n) is 7.09. The topological polar surface area (TPSA) is 12.5 Å². The number of hydrogen-bond acceptors (Lipinski definition) is 2. The highest BCUT2D eigenvalue weighted by atomic mass is 16.5. The zero-order valence-corrected chi connectivity index (χ0v) is 11.0. The van der Waals surface area contributed by atoms with E-state index in [0.29, 0.717) is 6.10 Å². The van der Waals surface area contributed by atoms with E-state index in [2.05, 4.69) is 18.7 Å². The van der Waals surface area contributed by atoms with Gasteiger partial charge in [0.05, 0.1) is 12.8 Å². The summed E-state index contributed by atoms with van der Waals surface area (Å²) in [6, 6.07) is 0. The number of rotatable bonds is 4. The van der Waals surface area contributed by atoms with E-state index in [1.807, 2.05) is 0 Å². The number of nitrogens with zero attached hydrogens (tertiary/aromatic N) is 1. The van der Waals surface area contributed by atoms with Gasteiger partial charge in [0.15, 0.2) is 0 Å². The first-order valence-corrected chi connectivity index (χ1v) is 7.09. The van der Waals surface area contributed by atoms with Gasteiger partial charge >= 0.3 is 0 Å². The van der Waals surface area contributed by atoms with E-state index in [0.717, 1.165) is 18.6 Å². The van der Waals surface area contributed by atoms with Gasteiger partial charge in [-0.1, -0.05) is 32.1 Å². The number of hydrogen-bond donors (Lipinski definition) is 0. The summed E-state index contributed by atoms with van der Waals surface area (Å²) in [4.78, 5) is 2.50. The molecule has 1 unspecified atom stereocenters. The van der Waals surface area contributed by atoms with Crippen molar-refractivity contribution in [2.45, 2.75) is 58.5 Å². The van der Waals surface area contributed by atoms with Crippen LogP contribution in [0.25, 0.3) is 0 Å². The van der Waals surface area contributed by atoms with E-state index in [-0.39, 0.29) is 0 Å². The van der Waals surface area contributed by atoms with Crippen LogP contribution in [-0.2, 0) is 4.74 Å². The lowest BCUT2D eigenvalue weighted by Gasteiger charge is -2.27. The summed E-state index contributed by atoms with van der Waals surface area (Å²) in [5, 5.41) is 0. The quantitative estimate of drug-likeness (QED) is 0.728. The van der Waals surface area contributed by atoms with E-state index in [1.165, 1.54) is 51.6 Å². The first-order chi connectivity index (χ1) is 7.75. The van der Waals surface area contributed by atoms with Crippen LogP contribution in [-0.4, -0.2) is 30.8 Å². The zero-order chi connectivity index (χ0) is 11.4. The van der Waals surface area contributed by atoms with Gasteiger partial charge in [0.2, 0.25) is 0 Å². The molecule has 0 N–H and O–H groups in total. The molecule has 94 valence electrons. The second-order valence-electron chi connectivity index (χ2n) is 5.87. The lowest BCUT2D eigenvalue weighted by molar-refractivity contribution is 0.000799. The van der Waals surface area contributed by atoms with Crippen molar-refractivity contribution >= 4 is 0 Å². The molecule has 0 radical (unpaired) electrons. The lowest BCUT2D eigenvalue weighted by Crippen LogP contribution is -2.27. The minimum atomic E-state index is 0.369. The third-order valence-electron chi connectivity index (χ3n) is 4.22. The highest BCUT2D eigenvalue weighted by Crippen LogP contribution is 2.34. The van der Waals surface area contributed by atoms with Crippen molar-refractivity contribution in [1.82, 2.24) is 4.90 Å². The highest BCUT2D eigenvalue weighted by molar-refractivity contribution is 4.81. The summed E-state index contributed by atoms with van der Waals surface area (Å²) in [5.74, 6) is 1.99. The molecule has 1 saturated carbocycles. The maximum Gasteiger partial charge on any atom is 0.0993 e. The molecule has 0 amide bonds.